The molecule has 0 N–H and O–H groups in total. The Hall–Kier alpha value is -9.39. The predicted molar refractivity (Wildman–Crippen MR) is 427 cm³/mol. The van der Waals surface area contributed by atoms with Crippen molar-refractivity contribution >= 4 is 83.6 Å². The van der Waals surface area contributed by atoms with Crippen LogP contribution in [0.3, 0.4) is 0 Å². The van der Waals surface area contributed by atoms with Gasteiger partial charge < -0.3 is 14.7 Å². The van der Waals surface area contributed by atoms with Crippen LogP contribution in [0.25, 0.3) is 32.3 Å². The molecule has 0 atom stereocenters. The van der Waals surface area contributed by atoms with Gasteiger partial charge in [0, 0.05) is 125 Å². The van der Waals surface area contributed by atoms with Crippen molar-refractivity contribution in [3.63, 3.8) is 0 Å². The van der Waals surface area contributed by atoms with Crippen LogP contribution in [-0.4, -0.2) is 73.1 Å². The number of anilines is 3. The van der Waals surface area contributed by atoms with Crippen LogP contribution in [-0.2, 0) is 32.5 Å². The number of likely N-dealkylation sites (N-methyl/N-ethyl adjacent to an activating group) is 3. The fourth-order valence-corrected chi connectivity index (χ4v) is 18.2. The largest absolute Gasteiger partial charge is 0.347 e. The fraction of sp³-hybridized carbons (Fsp3) is 0.323. The maximum absolute atomic E-state index is 2.37. The fourth-order valence-electron chi connectivity index (χ4n) is 18.2. The van der Waals surface area contributed by atoms with E-state index in [4.69, 9.17) is 0 Å². The van der Waals surface area contributed by atoms with Gasteiger partial charge in [0.1, 0.15) is 21.1 Å². The number of hydrogen-bond donors (Lipinski definition) is 0. The van der Waals surface area contributed by atoms with Gasteiger partial charge in [0.2, 0.25) is 17.1 Å². The molecule has 0 saturated carbocycles. The Morgan fingerprint density at radius 1 is 0.283 bits per heavy atom. The van der Waals surface area contributed by atoms with Crippen LogP contribution in [0.1, 0.15) is 150 Å². The monoisotopic (exact) mass is 1310 g/mol. The Kier molecular flexibility index (Phi) is 16.7. The third-order valence-corrected chi connectivity index (χ3v) is 23.5. The zero-order valence-corrected chi connectivity index (χ0v) is 63.7. The number of benzene rings is 9. The first-order chi connectivity index (χ1) is 46.6. The topological polar surface area (TPSA) is 18.8 Å². The molecule has 9 aromatic carbocycles. The molecule has 0 aliphatic carbocycles. The van der Waals surface area contributed by atoms with Gasteiger partial charge in [-0.1, -0.05) is 184 Å². The minimum absolute atomic E-state index is 0.00226. The third kappa shape index (κ3) is 11.0. The van der Waals surface area contributed by atoms with Crippen molar-refractivity contribution in [2.45, 2.75) is 157 Å². The van der Waals surface area contributed by atoms with E-state index in [-0.39, 0.29) is 32.5 Å². The van der Waals surface area contributed by atoms with E-state index in [1.165, 1.54) is 167 Å². The first-order valence-corrected chi connectivity index (χ1v) is 35.8. The van der Waals surface area contributed by atoms with E-state index in [1.807, 2.05) is 0 Å². The molecule has 0 bridgehead atoms. The molecule has 0 amide bonds. The highest BCUT2D eigenvalue weighted by molar-refractivity contribution is 6.09. The van der Waals surface area contributed by atoms with Crippen LogP contribution >= 0.6 is 0 Å². The van der Waals surface area contributed by atoms with Crippen molar-refractivity contribution in [1.29, 1.82) is 0 Å². The van der Waals surface area contributed by atoms with Crippen molar-refractivity contribution in [1.82, 2.24) is 0 Å². The molecule has 0 fully saturated rings. The van der Waals surface area contributed by atoms with Crippen LogP contribution in [0.5, 0.6) is 0 Å². The highest BCUT2D eigenvalue weighted by Gasteiger charge is 2.48. The Bertz CT molecular complexity index is 5220. The molecule has 0 aromatic heterocycles. The summed E-state index contributed by atoms with van der Waals surface area (Å²) in [4.78, 5) is 7.06. The molecule has 99 heavy (non-hydrogen) atoms. The molecule has 6 nitrogen and oxygen atoms in total. The van der Waals surface area contributed by atoms with E-state index in [0.717, 1.165) is 0 Å². The summed E-state index contributed by atoms with van der Waals surface area (Å²) in [6.45, 7) is 41.1. The summed E-state index contributed by atoms with van der Waals surface area (Å²) in [6.07, 6.45) is 20.6. The second-order valence-corrected chi connectivity index (χ2v) is 32.6. The molecule has 6 heteroatoms. The van der Waals surface area contributed by atoms with Gasteiger partial charge in [-0.3, -0.25) is 0 Å². The first-order valence-electron chi connectivity index (χ1n) is 35.8. The summed E-state index contributed by atoms with van der Waals surface area (Å²) >= 11 is 0. The Balaban J connectivity index is 0.000000134. The highest BCUT2D eigenvalue weighted by atomic mass is 15.2. The molecule has 6 heterocycles. The number of rotatable bonds is 6. The molecule has 0 spiro atoms. The lowest BCUT2D eigenvalue weighted by Gasteiger charge is -2.24. The summed E-state index contributed by atoms with van der Waals surface area (Å²) in [7, 11) is 13.2. The van der Waals surface area contributed by atoms with Crippen LogP contribution in [0.2, 0.25) is 0 Å². The Morgan fingerprint density at radius 3 is 0.990 bits per heavy atom. The number of aryl methyl sites for hydroxylation is 6. The molecular weight excluding hydrogens is 1200 g/mol. The molecule has 0 unspecified atom stereocenters. The van der Waals surface area contributed by atoms with Crippen LogP contribution in [0.4, 0.5) is 34.1 Å². The summed E-state index contributed by atoms with van der Waals surface area (Å²) in [6, 6.07) is 54.5. The molecule has 6 aliphatic heterocycles. The summed E-state index contributed by atoms with van der Waals surface area (Å²) in [5, 5.41) is 8.04. The summed E-state index contributed by atoms with van der Waals surface area (Å²) in [5.41, 5.74) is 32.0. The average molecular weight is 1310 g/mol. The van der Waals surface area contributed by atoms with E-state index >= 15 is 0 Å². The maximum Gasteiger partial charge on any atom is 0.210 e. The first kappa shape index (κ1) is 68.1. The lowest BCUT2D eigenvalue weighted by Crippen LogP contribution is -2.27. The van der Waals surface area contributed by atoms with E-state index in [2.05, 4.69) is 396 Å². The van der Waals surface area contributed by atoms with E-state index in [1.54, 1.807) is 0 Å². The summed E-state index contributed by atoms with van der Waals surface area (Å²) < 4.78 is 7.08. The second kappa shape index (κ2) is 24.2. The number of fused-ring (bicyclic) bond motifs is 12. The molecule has 15 rings (SSSR count). The van der Waals surface area contributed by atoms with Crippen molar-refractivity contribution in [3.8, 4) is 0 Å². The Labute approximate surface area is 592 Å². The minimum Gasteiger partial charge on any atom is -0.347 e. The standard InChI is InChI=1S/C35H37N2.C31H35N2.C27H33N2/c1-22-12-16-26-24(20-22)14-18-28-32(26)34(3,4)30(36(28)7)10-9-11-31-35(5,6)33-27-17-13-23(2)21-25(27)15-19-29(33)37(31)8;1-20-12-15-23-22(18-20)14-17-26-29(23)31(5,6)28(33(26)8)11-9-10-27-30(3,4)24-19-21(2)13-16-25(24)32(27)7;1-18-12-14-22-20(16-18)26(3,4)24(28(22)7)10-9-11-25-27(5,6)21-17-19(2)13-15-23(21)29(25)8/h9-21H,1-8H3;9-19H,1-8H3;9-17H,1-8H3/q3*+1. The molecule has 6 aliphatic rings. The van der Waals surface area contributed by atoms with Crippen molar-refractivity contribution in [2.75, 3.05) is 57.0 Å². The SMILES string of the molecule is Cc1ccc2c(c1)C(C)(C)/C(=C/C=C/C1=[N+](C)c3ccc4cc(C)ccc4c3C1(C)C)N2C.Cc1ccc2c(c1)C(C)(C)C(/C=C/C=C1\N(C)c3ccc(C)cc3C1(C)C)=[N+]2C.Cc1ccc2c3c(ccc2c1)[N+](C)=C(/C=C/C=C1\N(C)c2ccc4cc(C)ccc4c2C1(C)C)C3(C)C. The van der Waals surface area contributed by atoms with Gasteiger partial charge in [-0.05, 0) is 187 Å². The molecule has 504 valence electrons. The third-order valence-electron chi connectivity index (χ3n) is 23.5. The number of nitrogens with zero attached hydrogens (tertiary/aromatic N) is 6. The normalized spacial score (nSPS) is 19.8. The van der Waals surface area contributed by atoms with Crippen molar-refractivity contribution in [3.05, 3.63) is 284 Å². The Morgan fingerprint density at radius 2 is 0.576 bits per heavy atom. The quantitative estimate of drug-likeness (QED) is 0.155. The van der Waals surface area contributed by atoms with Gasteiger partial charge in [-0.15, -0.1) is 0 Å². The van der Waals surface area contributed by atoms with E-state index in [0.29, 0.717) is 0 Å². The predicted octanol–water partition coefficient (Wildman–Crippen LogP) is 22.0. The van der Waals surface area contributed by atoms with Gasteiger partial charge in [0.25, 0.3) is 0 Å². The lowest BCUT2D eigenvalue weighted by molar-refractivity contribution is -0.401. The van der Waals surface area contributed by atoms with Crippen LogP contribution in [0.15, 0.2) is 217 Å². The molecule has 0 saturated heterocycles. The van der Waals surface area contributed by atoms with Gasteiger partial charge in [0.05, 0.1) is 16.2 Å². The average Bonchev–Trinajstić information content (AvgIpc) is 1.58. The molecule has 9 aromatic rings. The van der Waals surface area contributed by atoms with Crippen molar-refractivity contribution < 1.29 is 13.7 Å². The van der Waals surface area contributed by atoms with Gasteiger partial charge in [0.15, 0.2) is 17.1 Å². The van der Waals surface area contributed by atoms with Gasteiger partial charge in [-0.2, -0.15) is 13.7 Å². The van der Waals surface area contributed by atoms with E-state index < -0.39 is 0 Å². The molecular formula is C93H105N6+3. The molecule has 0 radical (unpaired) electrons. The summed E-state index contributed by atoms with van der Waals surface area (Å²) in [5.74, 6) is 0. The minimum atomic E-state index is -0.0814. The second-order valence-electron chi connectivity index (χ2n) is 32.6. The number of hydrogen-bond acceptors (Lipinski definition) is 3. The maximum atomic E-state index is 2.37. The smallest absolute Gasteiger partial charge is 0.210 e. The van der Waals surface area contributed by atoms with Crippen LogP contribution in [0, 0.1) is 41.5 Å². The van der Waals surface area contributed by atoms with E-state index in [9.17, 15) is 0 Å². The zero-order chi connectivity index (χ0) is 71.1. The van der Waals surface area contributed by atoms with Crippen molar-refractivity contribution in [2.24, 2.45) is 0 Å². The van der Waals surface area contributed by atoms with Crippen LogP contribution < -0.4 is 14.7 Å². The number of allylic oxidation sites excluding steroid dienone is 12. The van der Waals surface area contributed by atoms with Gasteiger partial charge >= 0.3 is 0 Å². The lowest BCUT2D eigenvalue weighted by atomic mass is 9.78. The van der Waals surface area contributed by atoms with Gasteiger partial charge in [-0.25, -0.2) is 0 Å². The zero-order valence-electron chi connectivity index (χ0n) is 63.7. The highest BCUT2D eigenvalue weighted by Crippen LogP contribution is 2.53.